The number of halogens is 1. The van der Waals surface area contributed by atoms with E-state index in [1.54, 1.807) is 0 Å². The number of hydrogen-bond acceptors (Lipinski definition) is 3. The van der Waals surface area contributed by atoms with E-state index in [1.165, 1.54) is 19.1 Å². The lowest BCUT2D eigenvalue weighted by Crippen LogP contribution is -1.99. The van der Waals surface area contributed by atoms with Gasteiger partial charge >= 0.3 is 0 Å². The van der Waals surface area contributed by atoms with Crippen molar-refractivity contribution < 1.29 is 9.53 Å². The van der Waals surface area contributed by atoms with Crippen LogP contribution in [0.25, 0.3) is 0 Å². The van der Waals surface area contributed by atoms with E-state index >= 15 is 0 Å². The fourth-order valence-corrected chi connectivity index (χ4v) is 1.42. The Morgan fingerprint density at radius 1 is 1.60 bits per heavy atom. The number of carbonyl (C=O) groups is 1. The number of Topliss-reactive ketones (excluding diaryl/α,β-unsaturated/α-hetero) is 1. The van der Waals surface area contributed by atoms with Crippen molar-refractivity contribution in [2.24, 2.45) is 0 Å². The van der Waals surface area contributed by atoms with Crippen molar-refractivity contribution in [2.45, 2.75) is 13.8 Å². The lowest BCUT2D eigenvalue weighted by atomic mass is 10.1. The number of ketones is 1. The molecule has 0 aliphatic heterocycles. The predicted molar refractivity (Wildman–Crippen MR) is 57.3 cm³/mol. The Labute approximate surface area is 93.2 Å². The van der Waals surface area contributed by atoms with Crippen LogP contribution in [0.5, 0.6) is 5.75 Å². The number of hydrogen-bond donors (Lipinski definition) is 0. The Morgan fingerprint density at radius 3 is 2.73 bits per heavy atom. The molecule has 0 unspecified atom stereocenters. The van der Waals surface area contributed by atoms with Crippen LogP contribution in [0.3, 0.4) is 0 Å². The Hall–Kier alpha value is -1.53. The van der Waals surface area contributed by atoms with Gasteiger partial charge in [0.15, 0.2) is 5.78 Å². The molecular formula is C11H10ClNO2. The van der Waals surface area contributed by atoms with E-state index in [2.05, 4.69) is 0 Å². The molecule has 1 rings (SSSR count). The Bertz CT molecular complexity index is 435. The molecule has 78 valence electrons. The first-order valence-electron chi connectivity index (χ1n) is 4.47. The van der Waals surface area contributed by atoms with Crippen LogP contribution in [0.2, 0.25) is 5.02 Å². The number of rotatable bonds is 3. The van der Waals surface area contributed by atoms with Gasteiger partial charge in [-0.25, -0.2) is 0 Å². The molecule has 0 aliphatic carbocycles. The number of nitriles is 1. The van der Waals surface area contributed by atoms with Crippen LogP contribution in [-0.2, 0) is 0 Å². The van der Waals surface area contributed by atoms with Gasteiger partial charge in [0.1, 0.15) is 11.8 Å². The van der Waals surface area contributed by atoms with Crippen molar-refractivity contribution in [3.8, 4) is 11.8 Å². The van der Waals surface area contributed by atoms with E-state index < -0.39 is 0 Å². The van der Waals surface area contributed by atoms with Crippen LogP contribution in [0.4, 0.5) is 0 Å². The third-order valence-corrected chi connectivity index (χ3v) is 2.17. The van der Waals surface area contributed by atoms with Gasteiger partial charge < -0.3 is 4.74 Å². The monoisotopic (exact) mass is 223 g/mol. The summed E-state index contributed by atoms with van der Waals surface area (Å²) in [5.74, 6) is 0.247. The molecule has 1 aromatic rings. The summed E-state index contributed by atoms with van der Waals surface area (Å²) >= 11 is 5.89. The molecule has 0 amide bonds. The molecule has 0 fully saturated rings. The van der Waals surface area contributed by atoms with Crippen LogP contribution in [0, 0.1) is 11.3 Å². The largest absolute Gasteiger partial charge is 0.492 e. The molecule has 3 nitrogen and oxygen atoms in total. The summed E-state index contributed by atoms with van der Waals surface area (Å²) in [6.07, 6.45) is 0. The maximum atomic E-state index is 11.2. The zero-order valence-electron chi connectivity index (χ0n) is 8.50. The summed E-state index contributed by atoms with van der Waals surface area (Å²) in [6, 6.07) is 4.90. The SMILES string of the molecule is CCOc1cc(C#N)c(C(C)=O)cc1Cl. The standard InChI is InChI=1S/C11H10ClNO2/c1-3-15-11-4-8(6-13)9(7(2)14)5-10(11)12/h4-5H,3H2,1-2H3. The van der Waals surface area contributed by atoms with Gasteiger partial charge in [0.05, 0.1) is 17.2 Å². The molecule has 0 atom stereocenters. The highest BCUT2D eigenvalue weighted by molar-refractivity contribution is 6.32. The van der Waals surface area contributed by atoms with E-state index in [0.29, 0.717) is 22.9 Å². The van der Waals surface area contributed by atoms with Crippen molar-refractivity contribution >= 4 is 17.4 Å². The van der Waals surface area contributed by atoms with Gasteiger partial charge in [-0.1, -0.05) is 11.6 Å². The van der Waals surface area contributed by atoms with Crippen LogP contribution in [0.1, 0.15) is 29.8 Å². The predicted octanol–water partition coefficient (Wildman–Crippen LogP) is 2.81. The average Bonchev–Trinajstić information content (AvgIpc) is 2.20. The highest BCUT2D eigenvalue weighted by Crippen LogP contribution is 2.28. The van der Waals surface area contributed by atoms with Crippen LogP contribution in [-0.4, -0.2) is 12.4 Å². The highest BCUT2D eigenvalue weighted by atomic mass is 35.5. The average molecular weight is 224 g/mol. The van der Waals surface area contributed by atoms with Crippen LogP contribution in [0.15, 0.2) is 12.1 Å². The quantitative estimate of drug-likeness (QED) is 0.741. The molecule has 15 heavy (non-hydrogen) atoms. The minimum absolute atomic E-state index is 0.184. The second kappa shape index (κ2) is 4.81. The van der Waals surface area contributed by atoms with Crippen molar-refractivity contribution in [1.82, 2.24) is 0 Å². The van der Waals surface area contributed by atoms with Gasteiger partial charge in [-0.15, -0.1) is 0 Å². The fourth-order valence-electron chi connectivity index (χ4n) is 1.20. The first-order valence-corrected chi connectivity index (χ1v) is 4.85. The van der Waals surface area contributed by atoms with Crippen molar-refractivity contribution in [3.05, 3.63) is 28.3 Å². The van der Waals surface area contributed by atoms with E-state index in [0.717, 1.165) is 0 Å². The number of ether oxygens (including phenoxy) is 1. The van der Waals surface area contributed by atoms with Gasteiger partial charge in [0.25, 0.3) is 0 Å². The first-order chi connectivity index (χ1) is 7.10. The molecular weight excluding hydrogens is 214 g/mol. The maximum Gasteiger partial charge on any atom is 0.161 e. The summed E-state index contributed by atoms with van der Waals surface area (Å²) in [5.41, 5.74) is 0.612. The van der Waals surface area contributed by atoms with E-state index in [4.69, 9.17) is 21.6 Å². The van der Waals surface area contributed by atoms with Crippen LogP contribution >= 0.6 is 11.6 Å². The number of nitrogens with zero attached hydrogens (tertiary/aromatic N) is 1. The minimum Gasteiger partial charge on any atom is -0.492 e. The Morgan fingerprint density at radius 2 is 2.27 bits per heavy atom. The normalized spacial score (nSPS) is 9.47. The van der Waals surface area contributed by atoms with Gasteiger partial charge in [0, 0.05) is 11.6 Å². The molecule has 1 aromatic carbocycles. The third-order valence-electron chi connectivity index (χ3n) is 1.87. The van der Waals surface area contributed by atoms with E-state index in [1.807, 2.05) is 13.0 Å². The molecule has 0 aromatic heterocycles. The van der Waals surface area contributed by atoms with E-state index in [9.17, 15) is 4.79 Å². The summed E-state index contributed by atoms with van der Waals surface area (Å²) < 4.78 is 5.22. The Kier molecular flexibility index (Phi) is 3.70. The molecule has 0 spiro atoms. The van der Waals surface area contributed by atoms with Gasteiger partial charge in [-0.05, 0) is 19.9 Å². The molecule has 0 aliphatic rings. The summed E-state index contributed by atoms with van der Waals surface area (Å²) in [5, 5.41) is 9.20. The lowest BCUT2D eigenvalue weighted by molar-refractivity contribution is 0.101. The summed E-state index contributed by atoms with van der Waals surface area (Å²) in [6.45, 7) is 3.68. The molecule has 0 heterocycles. The van der Waals surface area contributed by atoms with Crippen LogP contribution < -0.4 is 4.74 Å². The summed E-state index contributed by atoms with van der Waals surface area (Å²) in [7, 11) is 0. The lowest BCUT2D eigenvalue weighted by Gasteiger charge is -2.07. The van der Waals surface area contributed by atoms with Crippen molar-refractivity contribution in [3.63, 3.8) is 0 Å². The smallest absolute Gasteiger partial charge is 0.161 e. The number of carbonyl (C=O) groups excluding carboxylic acids is 1. The topological polar surface area (TPSA) is 50.1 Å². The zero-order valence-corrected chi connectivity index (χ0v) is 9.26. The minimum atomic E-state index is -0.184. The molecule has 0 saturated heterocycles. The first kappa shape index (κ1) is 11.5. The van der Waals surface area contributed by atoms with Crippen molar-refractivity contribution in [2.75, 3.05) is 6.61 Å². The second-order valence-corrected chi connectivity index (χ2v) is 3.34. The number of benzene rings is 1. The van der Waals surface area contributed by atoms with Crippen molar-refractivity contribution in [1.29, 1.82) is 5.26 Å². The zero-order chi connectivity index (χ0) is 11.4. The fraction of sp³-hybridized carbons (Fsp3) is 0.273. The molecule has 0 radical (unpaired) electrons. The maximum absolute atomic E-state index is 11.2. The van der Waals surface area contributed by atoms with Gasteiger partial charge in [-0.3, -0.25) is 4.79 Å². The van der Waals surface area contributed by atoms with Gasteiger partial charge in [0.2, 0.25) is 0 Å². The summed E-state index contributed by atoms with van der Waals surface area (Å²) in [4.78, 5) is 11.2. The molecule has 4 heteroatoms. The van der Waals surface area contributed by atoms with E-state index in [-0.39, 0.29) is 11.3 Å². The highest BCUT2D eigenvalue weighted by Gasteiger charge is 2.12. The third kappa shape index (κ3) is 2.48. The second-order valence-electron chi connectivity index (χ2n) is 2.93. The Balaban J connectivity index is 3.30. The molecule has 0 saturated carbocycles. The van der Waals surface area contributed by atoms with Gasteiger partial charge in [-0.2, -0.15) is 5.26 Å². The molecule has 0 N–H and O–H groups in total. The molecule has 0 bridgehead atoms.